The topological polar surface area (TPSA) is 62.2 Å². The molecule has 0 bridgehead atoms. The van der Waals surface area contributed by atoms with Gasteiger partial charge in [-0.2, -0.15) is 0 Å². The highest BCUT2D eigenvalue weighted by Gasteiger charge is 2.54. The Hall–Kier alpha value is -2.18. The Morgan fingerprint density at radius 2 is 2.23 bits per heavy atom. The zero-order valence-electron chi connectivity index (χ0n) is 15.3. The van der Waals surface area contributed by atoms with Crippen molar-refractivity contribution in [3.63, 3.8) is 0 Å². The number of carbonyl (C=O) groups excluding carboxylic acids is 1. The highest BCUT2D eigenvalue weighted by molar-refractivity contribution is 5.84. The maximum absolute atomic E-state index is 13.1. The van der Waals surface area contributed by atoms with Gasteiger partial charge in [0, 0.05) is 57.6 Å². The van der Waals surface area contributed by atoms with E-state index in [2.05, 4.69) is 56.3 Å². The van der Waals surface area contributed by atoms with E-state index in [1.54, 1.807) is 6.20 Å². The zero-order valence-corrected chi connectivity index (χ0v) is 15.3. The number of benzene rings is 1. The van der Waals surface area contributed by atoms with Gasteiger partial charge in [-0.1, -0.05) is 30.3 Å². The van der Waals surface area contributed by atoms with Crippen molar-refractivity contribution in [1.82, 2.24) is 25.1 Å². The minimum Gasteiger partial charge on any atom is -0.348 e. The third-order valence-electron chi connectivity index (χ3n) is 5.85. The molecule has 4 rings (SSSR count). The lowest BCUT2D eigenvalue weighted by Gasteiger charge is -2.27. The highest BCUT2D eigenvalue weighted by Crippen LogP contribution is 2.39. The molecule has 2 aromatic rings. The second-order valence-corrected chi connectivity index (χ2v) is 7.45. The minimum atomic E-state index is -0.321. The number of aromatic nitrogens is 2. The Kier molecular flexibility index (Phi) is 4.78. The van der Waals surface area contributed by atoms with Crippen LogP contribution in [-0.4, -0.2) is 46.5 Å². The summed E-state index contributed by atoms with van der Waals surface area (Å²) in [5.41, 5.74) is 0.985. The molecule has 2 aliphatic rings. The summed E-state index contributed by atoms with van der Waals surface area (Å²) in [6.45, 7) is 7.82. The standard InChI is InChI=1S/C20H27N5O/c1-2-25-9-8-22-18(25)11-23-19(26)20-14-21-10-17(20)13-24(15-20)12-16-6-4-3-5-7-16/h3-9,17,21H,2,10-15H2,1H3,(H,23,26)/t17-,20-/m1/s1. The fourth-order valence-electron chi connectivity index (χ4n) is 4.44. The van der Waals surface area contributed by atoms with Crippen molar-refractivity contribution in [2.24, 2.45) is 11.3 Å². The van der Waals surface area contributed by atoms with Crippen molar-refractivity contribution in [3.8, 4) is 0 Å². The fraction of sp³-hybridized carbons (Fsp3) is 0.500. The summed E-state index contributed by atoms with van der Waals surface area (Å²) in [7, 11) is 0. The van der Waals surface area contributed by atoms with E-state index in [0.29, 0.717) is 12.5 Å². The third kappa shape index (κ3) is 3.15. The number of fused-ring (bicyclic) bond motifs is 1. The van der Waals surface area contributed by atoms with Crippen LogP contribution in [0.25, 0.3) is 0 Å². The summed E-state index contributed by atoms with van der Waals surface area (Å²) < 4.78 is 2.07. The van der Waals surface area contributed by atoms with E-state index in [0.717, 1.165) is 45.1 Å². The van der Waals surface area contributed by atoms with E-state index >= 15 is 0 Å². The molecule has 6 nitrogen and oxygen atoms in total. The Morgan fingerprint density at radius 3 is 3.04 bits per heavy atom. The number of amides is 1. The van der Waals surface area contributed by atoms with Gasteiger partial charge in [0.1, 0.15) is 5.82 Å². The van der Waals surface area contributed by atoms with Gasteiger partial charge in [0.2, 0.25) is 5.91 Å². The normalized spacial score (nSPS) is 25.3. The molecule has 1 amide bonds. The summed E-state index contributed by atoms with van der Waals surface area (Å²) >= 11 is 0. The number of hydrogen-bond donors (Lipinski definition) is 2. The molecule has 26 heavy (non-hydrogen) atoms. The molecule has 2 fully saturated rings. The number of likely N-dealkylation sites (tertiary alicyclic amines) is 1. The molecule has 2 N–H and O–H groups in total. The Morgan fingerprint density at radius 1 is 1.38 bits per heavy atom. The van der Waals surface area contributed by atoms with Gasteiger partial charge in [0.05, 0.1) is 12.0 Å². The van der Waals surface area contributed by atoms with E-state index in [9.17, 15) is 4.79 Å². The average Bonchev–Trinajstić information content (AvgIpc) is 3.34. The Balaban J connectivity index is 1.43. The summed E-state index contributed by atoms with van der Waals surface area (Å²) in [4.78, 5) is 19.9. The maximum atomic E-state index is 13.1. The first kappa shape index (κ1) is 17.2. The lowest BCUT2D eigenvalue weighted by Crippen LogP contribution is -2.47. The van der Waals surface area contributed by atoms with Crippen LogP contribution in [0.15, 0.2) is 42.7 Å². The number of imidazole rings is 1. The molecule has 0 spiro atoms. The second-order valence-electron chi connectivity index (χ2n) is 7.45. The average molecular weight is 353 g/mol. The van der Waals surface area contributed by atoms with Gasteiger partial charge in [-0.05, 0) is 12.5 Å². The number of aryl methyl sites for hydroxylation is 1. The highest BCUT2D eigenvalue weighted by atomic mass is 16.2. The van der Waals surface area contributed by atoms with Gasteiger partial charge in [-0.25, -0.2) is 4.98 Å². The molecule has 0 aliphatic carbocycles. The second kappa shape index (κ2) is 7.21. The quantitative estimate of drug-likeness (QED) is 0.820. The van der Waals surface area contributed by atoms with E-state index < -0.39 is 0 Å². The monoisotopic (exact) mass is 353 g/mol. The predicted molar refractivity (Wildman–Crippen MR) is 100 cm³/mol. The minimum absolute atomic E-state index is 0.161. The van der Waals surface area contributed by atoms with Gasteiger partial charge < -0.3 is 15.2 Å². The van der Waals surface area contributed by atoms with Crippen molar-refractivity contribution in [1.29, 1.82) is 0 Å². The molecule has 3 heterocycles. The number of carbonyl (C=O) groups is 1. The fourth-order valence-corrected chi connectivity index (χ4v) is 4.44. The maximum Gasteiger partial charge on any atom is 0.229 e. The van der Waals surface area contributed by atoms with Gasteiger partial charge in [0.25, 0.3) is 0 Å². The van der Waals surface area contributed by atoms with Crippen LogP contribution >= 0.6 is 0 Å². The molecule has 2 saturated heterocycles. The zero-order chi connectivity index (χ0) is 18.0. The summed E-state index contributed by atoms with van der Waals surface area (Å²) in [5.74, 6) is 1.45. The van der Waals surface area contributed by atoms with E-state index in [-0.39, 0.29) is 11.3 Å². The SMILES string of the molecule is CCn1ccnc1CNC(=O)[C@@]12CNC[C@@H]1CN(Cc1ccccc1)C2. The van der Waals surface area contributed by atoms with Crippen LogP contribution in [0.5, 0.6) is 0 Å². The number of hydrogen-bond acceptors (Lipinski definition) is 4. The first-order valence-corrected chi connectivity index (χ1v) is 9.46. The predicted octanol–water partition coefficient (Wildman–Crippen LogP) is 1.24. The summed E-state index contributed by atoms with van der Waals surface area (Å²) in [6, 6.07) is 10.5. The summed E-state index contributed by atoms with van der Waals surface area (Å²) in [5, 5.41) is 6.60. The van der Waals surface area contributed by atoms with Crippen LogP contribution in [0.4, 0.5) is 0 Å². The first-order chi connectivity index (χ1) is 12.7. The third-order valence-corrected chi connectivity index (χ3v) is 5.85. The van der Waals surface area contributed by atoms with Crippen molar-refractivity contribution >= 4 is 5.91 Å². The Labute approximate surface area is 154 Å². The van der Waals surface area contributed by atoms with Crippen LogP contribution in [-0.2, 0) is 24.4 Å². The van der Waals surface area contributed by atoms with Gasteiger partial charge >= 0.3 is 0 Å². The van der Waals surface area contributed by atoms with Crippen molar-refractivity contribution < 1.29 is 4.79 Å². The van der Waals surface area contributed by atoms with Crippen molar-refractivity contribution in [3.05, 3.63) is 54.1 Å². The van der Waals surface area contributed by atoms with Gasteiger partial charge in [-0.15, -0.1) is 0 Å². The number of nitrogens with zero attached hydrogens (tertiary/aromatic N) is 3. The molecular weight excluding hydrogens is 326 g/mol. The summed E-state index contributed by atoms with van der Waals surface area (Å²) in [6.07, 6.45) is 3.75. The number of rotatable bonds is 6. The van der Waals surface area contributed by atoms with Crippen LogP contribution in [0.2, 0.25) is 0 Å². The van der Waals surface area contributed by atoms with Gasteiger partial charge in [0.15, 0.2) is 0 Å². The van der Waals surface area contributed by atoms with Crippen molar-refractivity contribution in [2.45, 2.75) is 26.6 Å². The molecule has 6 heteroatoms. The van der Waals surface area contributed by atoms with Crippen LogP contribution in [0, 0.1) is 11.3 Å². The van der Waals surface area contributed by atoms with Crippen LogP contribution < -0.4 is 10.6 Å². The molecule has 1 aromatic heterocycles. The lowest BCUT2D eigenvalue weighted by molar-refractivity contribution is -0.131. The molecule has 2 aliphatic heterocycles. The smallest absolute Gasteiger partial charge is 0.229 e. The van der Waals surface area contributed by atoms with E-state index in [4.69, 9.17) is 0 Å². The van der Waals surface area contributed by atoms with Gasteiger partial charge in [-0.3, -0.25) is 9.69 Å². The van der Waals surface area contributed by atoms with Crippen LogP contribution in [0.1, 0.15) is 18.3 Å². The Bertz CT molecular complexity index is 759. The lowest BCUT2D eigenvalue weighted by atomic mass is 9.80. The van der Waals surface area contributed by atoms with Crippen molar-refractivity contribution in [2.75, 3.05) is 26.2 Å². The van der Waals surface area contributed by atoms with E-state index in [1.807, 2.05) is 12.3 Å². The largest absolute Gasteiger partial charge is 0.348 e. The molecule has 0 unspecified atom stereocenters. The first-order valence-electron chi connectivity index (χ1n) is 9.46. The van der Waals surface area contributed by atoms with Crippen LogP contribution in [0.3, 0.4) is 0 Å². The van der Waals surface area contributed by atoms with E-state index in [1.165, 1.54) is 5.56 Å². The molecule has 2 atom stereocenters. The molecular formula is C20H27N5O. The molecule has 1 aromatic carbocycles. The molecule has 0 saturated carbocycles. The number of nitrogens with one attached hydrogen (secondary N) is 2. The molecule has 0 radical (unpaired) electrons. The molecule has 138 valence electrons.